The van der Waals surface area contributed by atoms with Crippen LogP contribution in [0.25, 0.3) is 0 Å². The van der Waals surface area contributed by atoms with Crippen LogP contribution in [0.3, 0.4) is 0 Å². The number of nitrogens with two attached hydrogens (primary N) is 1. The van der Waals surface area contributed by atoms with E-state index in [0.29, 0.717) is 23.6 Å². The van der Waals surface area contributed by atoms with E-state index in [-0.39, 0.29) is 11.7 Å². The number of benzene rings is 1. The third-order valence-electron chi connectivity index (χ3n) is 4.01. The SMILES string of the molecule is CC(C)C1CCN(Cc2ccc(C(=N)N)cc2F)C1. The minimum absolute atomic E-state index is 0.0912. The van der Waals surface area contributed by atoms with Crippen LogP contribution in [0, 0.1) is 23.1 Å². The molecule has 0 saturated carbocycles. The Balaban J connectivity index is 2.02. The van der Waals surface area contributed by atoms with Crippen molar-refractivity contribution in [2.24, 2.45) is 17.6 Å². The van der Waals surface area contributed by atoms with Crippen molar-refractivity contribution >= 4 is 5.84 Å². The average molecular weight is 263 g/mol. The van der Waals surface area contributed by atoms with E-state index in [9.17, 15) is 4.39 Å². The summed E-state index contributed by atoms with van der Waals surface area (Å²) in [4.78, 5) is 2.30. The molecule has 2 rings (SSSR count). The van der Waals surface area contributed by atoms with Gasteiger partial charge in [-0.25, -0.2) is 4.39 Å². The lowest BCUT2D eigenvalue weighted by Gasteiger charge is -2.18. The summed E-state index contributed by atoms with van der Waals surface area (Å²) in [6, 6.07) is 4.82. The number of hydrogen-bond donors (Lipinski definition) is 2. The molecular formula is C15H22FN3. The first-order valence-corrected chi connectivity index (χ1v) is 6.82. The molecule has 1 aromatic rings. The van der Waals surface area contributed by atoms with Crippen LogP contribution in [0.5, 0.6) is 0 Å². The normalized spacial score (nSPS) is 20.1. The van der Waals surface area contributed by atoms with Gasteiger partial charge < -0.3 is 5.73 Å². The van der Waals surface area contributed by atoms with Crippen LogP contribution in [0.2, 0.25) is 0 Å². The molecule has 1 atom stereocenters. The summed E-state index contributed by atoms with van der Waals surface area (Å²) in [5, 5.41) is 7.30. The second-order valence-electron chi connectivity index (χ2n) is 5.75. The second-order valence-corrected chi connectivity index (χ2v) is 5.75. The Hall–Kier alpha value is -1.42. The molecule has 3 nitrogen and oxygen atoms in total. The Labute approximate surface area is 114 Å². The summed E-state index contributed by atoms with van der Waals surface area (Å²) in [6.07, 6.45) is 1.20. The van der Waals surface area contributed by atoms with E-state index in [1.165, 1.54) is 12.5 Å². The Morgan fingerprint density at radius 1 is 1.53 bits per heavy atom. The van der Waals surface area contributed by atoms with Gasteiger partial charge in [-0.1, -0.05) is 26.0 Å². The van der Waals surface area contributed by atoms with E-state index >= 15 is 0 Å². The molecule has 0 amide bonds. The van der Waals surface area contributed by atoms with Crippen molar-refractivity contribution in [1.82, 2.24) is 4.90 Å². The number of nitrogen functional groups attached to an aromatic ring is 1. The molecule has 1 aliphatic rings. The van der Waals surface area contributed by atoms with Crippen LogP contribution < -0.4 is 5.73 Å². The fourth-order valence-corrected chi connectivity index (χ4v) is 2.63. The molecule has 1 fully saturated rings. The molecule has 1 unspecified atom stereocenters. The molecule has 0 aromatic heterocycles. The summed E-state index contributed by atoms with van der Waals surface area (Å²) in [5.74, 6) is 1.06. The molecule has 3 N–H and O–H groups in total. The lowest BCUT2D eigenvalue weighted by atomic mass is 9.95. The zero-order valence-corrected chi connectivity index (χ0v) is 11.6. The lowest BCUT2D eigenvalue weighted by molar-refractivity contribution is 0.293. The van der Waals surface area contributed by atoms with Gasteiger partial charge in [-0.15, -0.1) is 0 Å². The number of nitrogens with one attached hydrogen (secondary N) is 1. The third kappa shape index (κ3) is 3.32. The standard InChI is InChI=1S/C15H22FN3/c1-10(2)12-5-6-19(8-12)9-13-4-3-11(15(17)18)7-14(13)16/h3-4,7,10,12H,5-6,8-9H2,1-2H3,(H3,17,18). The van der Waals surface area contributed by atoms with E-state index in [0.717, 1.165) is 19.0 Å². The average Bonchev–Trinajstić information content (AvgIpc) is 2.80. The predicted molar refractivity (Wildman–Crippen MR) is 75.6 cm³/mol. The van der Waals surface area contributed by atoms with Crippen LogP contribution in [-0.2, 0) is 6.54 Å². The molecule has 1 aromatic carbocycles. The maximum absolute atomic E-state index is 13.9. The molecule has 0 bridgehead atoms. The fourth-order valence-electron chi connectivity index (χ4n) is 2.63. The van der Waals surface area contributed by atoms with Gasteiger partial charge in [-0.3, -0.25) is 10.3 Å². The topological polar surface area (TPSA) is 53.1 Å². The molecule has 0 spiro atoms. The molecule has 1 saturated heterocycles. The summed E-state index contributed by atoms with van der Waals surface area (Å²) >= 11 is 0. The van der Waals surface area contributed by atoms with Gasteiger partial charge in [-0.05, 0) is 30.9 Å². The van der Waals surface area contributed by atoms with E-state index in [1.807, 2.05) is 0 Å². The van der Waals surface area contributed by atoms with Crippen LogP contribution >= 0.6 is 0 Å². The Kier molecular flexibility index (Phi) is 4.20. The van der Waals surface area contributed by atoms with E-state index in [2.05, 4.69) is 18.7 Å². The molecule has 19 heavy (non-hydrogen) atoms. The number of rotatable bonds is 4. The van der Waals surface area contributed by atoms with Gasteiger partial charge in [0.1, 0.15) is 11.7 Å². The number of amidine groups is 1. The monoisotopic (exact) mass is 263 g/mol. The summed E-state index contributed by atoms with van der Waals surface area (Å²) in [7, 11) is 0. The predicted octanol–water partition coefficient (Wildman–Crippen LogP) is 2.59. The van der Waals surface area contributed by atoms with E-state index in [4.69, 9.17) is 11.1 Å². The minimum atomic E-state index is -0.263. The fraction of sp³-hybridized carbons (Fsp3) is 0.533. The van der Waals surface area contributed by atoms with Crippen molar-refractivity contribution in [3.8, 4) is 0 Å². The summed E-state index contributed by atoms with van der Waals surface area (Å²) < 4.78 is 13.9. The van der Waals surface area contributed by atoms with Gasteiger partial charge >= 0.3 is 0 Å². The van der Waals surface area contributed by atoms with Gasteiger partial charge in [0.2, 0.25) is 0 Å². The molecular weight excluding hydrogens is 241 g/mol. The van der Waals surface area contributed by atoms with Crippen LogP contribution in [-0.4, -0.2) is 23.8 Å². The third-order valence-corrected chi connectivity index (χ3v) is 4.01. The minimum Gasteiger partial charge on any atom is -0.384 e. The highest BCUT2D eigenvalue weighted by Gasteiger charge is 2.25. The highest BCUT2D eigenvalue weighted by Crippen LogP contribution is 2.25. The molecule has 0 radical (unpaired) electrons. The lowest BCUT2D eigenvalue weighted by Crippen LogP contribution is -2.22. The summed E-state index contributed by atoms with van der Waals surface area (Å²) in [5.41, 5.74) is 6.49. The smallest absolute Gasteiger partial charge is 0.128 e. The molecule has 0 aliphatic carbocycles. The van der Waals surface area contributed by atoms with Gasteiger partial charge in [-0.2, -0.15) is 0 Å². The zero-order valence-electron chi connectivity index (χ0n) is 11.6. The van der Waals surface area contributed by atoms with Gasteiger partial charge in [0.15, 0.2) is 0 Å². The van der Waals surface area contributed by atoms with E-state index in [1.54, 1.807) is 12.1 Å². The Morgan fingerprint density at radius 2 is 2.26 bits per heavy atom. The van der Waals surface area contributed by atoms with E-state index < -0.39 is 0 Å². The zero-order chi connectivity index (χ0) is 14.0. The number of hydrogen-bond acceptors (Lipinski definition) is 2. The van der Waals surface area contributed by atoms with Gasteiger partial charge in [0.05, 0.1) is 0 Å². The maximum atomic E-state index is 13.9. The molecule has 1 aliphatic heterocycles. The number of halogens is 1. The van der Waals surface area contributed by atoms with Crippen molar-refractivity contribution in [2.45, 2.75) is 26.8 Å². The van der Waals surface area contributed by atoms with Crippen molar-refractivity contribution in [1.29, 1.82) is 5.41 Å². The highest BCUT2D eigenvalue weighted by molar-refractivity contribution is 5.94. The van der Waals surface area contributed by atoms with Crippen molar-refractivity contribution in [3.63, 3.8) is 0 Å². The number of nitrogens with zero attached hydrogens (tertiary/aromatic N) is 1. The molecule has 1 heterocycles. The number of likely N-dealkylation sites (tertiary alicyclic amines) is 1. The van der Waals surface area contributed by atoms with Crippen LogP contribution in [0.4, 0.5) is 4.39 Å². The van der Waals surface area contributed by atoms with Gasteiger partial charge in [0.25, 0.3) is 0 Å². The van der Waals surface area contributed by atoms with Crippen LogP contribution in [0.1, 0.15) is 31.4 Å². The quantitative estimate of drug-likeness (QED) is 0.648. The Bertz CT molecular complexity index is 470. The molecule has 4 heteroatoms. The highest BCUT2D eigenvalue weighted by atomic mass is 19.1. The maximum Gasteiger partial charge on any atom is 0.128 e. The largest absolute Gasteiger partial charge is 0.384 e. The molecule has 104 valence electrons. The summed E-state index contributed by atoms with van der Waals surface area (Å²) in [6.45, 7) is 7.22. The first-order chi connectivity index (χ1) is 8.97. The first-order valence-electron chi connectivity index (χ1n) is 6.82. The van der Waals surface area contributed by atoms with Gasteiger partial charge in [0, 0.05) is 24.2 Å². The first kappa shape index (κ1) is 14.0. The second kappa shape index (κ2) is 5.70. The van der Waals surface area contributed by atoms with Crippen molar-refractivity contribution < 1.29 is 4.39 Å². The van der Waals surface area contributed by atoms with Crippen molar-refractivity contribution in [2.75, 3.05) is 13.1 Å². The van der Waals surface area contributed by atoms with Crippen LogP contribution in [0.15, 0.2) is 18.2 Å². The van der Waals surface area contributed by atoms with Crippen molar-refractivity contribution in [3.05, 3.63) is 35.1 Å². The Morgan fingerprint density at radius 3 is 2.79 bits per heavy atom.